The lowest BCUT2D eigenvalue weighted by Crippen LogP contribution is -2.46. The summed E-state index contributed by atoms with van der Waals surface area (Å²) in [4.78, 5) is 16.4. The van der Waals surface area contributed by atoms with Crippen LogP contribution in [0, 0.1) is 5.92 Å². The molecule has 1 amide bonds. The Morgan fingerprint density at radius 3 is 2.68 bits per heavy atom. The highest BCUT2D eigenvalue weighted by Crippen LogP contribution is 2.30. The maximum atomic E-state index is 11.8. The second-order valence-corrected chi connectivity index (χ2v) is 6.70. The number of nitrogens with zero attached hydrogens (tertiary/aromatic N) is 2. The number of rotatable bonds is 6. The Labute approximate surface area is 133 Å². The Morgan fingerprint density at radius 2 is 2.00 bits per heavy atom. The van der Waals surface area contributed by atoms with Crippen molar-refractivity contribution in [3.8, 4) is 0 Å². The topological polar surface area (TPSA) is 49.6 Å². The molecule has 1 heterocycles. The minimum absolute atomic E-state index is 0.103. The first-order valence-corrected chi connectivity index (χ1v) is 8.52. The molecule has 0 bridgehead atoms. The summed E-state index contributed by atoms with van der Waals surface area (Å²) in [5.74, 6) is 0.694. The fraction of sp³-hybridized carbons (Fsp3) is 0.611. The normalized spacial score (nSPS) is 22.1. The number of carbonyl (C=O) groups is 1. The molecule has 120 valence electrons. The Hall–Kier alpha value is -1.39. The van der Waals surface area contributed by atoms with E-state index < -0.39 is 0 Å². The van der Waals surface area contributed by atoms with Crippen LogP contribution in [-0.2, 0) is 11.3 Å². The second-order valence-electron chi connectivity index (χ2n) is 6.70. The van der Waals surface area contributed by atoms with Crippen molar-refractivity contribution in [1.29, 1.82) is 0 Å². The summed E-state index contributed by atoms with van der Waals surface area (Å²) >= 11 is 0. The van der Waals surface area contributed by atoms with Crippen molar-refractivity contribution in [2.24, 2.45) is 11.7 Å². The zero-order chi connectivity index (χ0) is 15.4. The summed E-state index contributed by atoms with van der Waals surface area (Å²) in [6, 6.07) is 11.5. The molecule has 0 spiro atoms. The molecule has 4 nitrogen and oxygen atoms in total. The van der Waals surface area contributed by atoms with E-state index in [4.69, 9.17) is 5.73 Å². The highest BCUT2D eigenvalue weighted by atomic mass is 16.2. The summed E-state index contributed by atoms with van der Waals surface area (Å²) in [6.07, 6.45) is 4.99. The predicted octanol–water partition coefficient (Wildman–Crippen LogP) is 1.85. The molecule has 1 aromatic rings. The van der Waals surface area contributed by atoms with Gasteiger partial charge >= 0.3 is 0 Å². The van der Waals surface area contributed by atoms with Gasteiger partial charge in [-0.25, -0.2) is 0 Å². The molecular formula is C18H27N3O. The molecular weight excluding hydrogens is 274 g/mol. The van der Waals surface area contributed by atoms with Gasteiger partial charge in [0.1, 0.15) is 0 Å². The first kappa shape index (κ1) is 15.5. The first-order chi connectivity index (χ1) is 10.8. The smallest absolute Gasteiger partial charge is 0.236 e. The molecule has 1 aliphatic carbocycles. The molecule has 1 aliphatic heterocycles. The molecule has 1 aromatic carbocycles. The van der Waals surface area contributed by atoms with Gasteiger partial charge in [0.15, 0.2) is 0 Å². The predicted molar refractivity (Wildman–Crippen MR) is 88.2 cm³/mol. The van der Waals surface area contributed by atoms with Gasteiger partial charge in [-0.1, -0.05) is 30.3 Å². The maximum absolute atomic E-state index is 11.8. The standard InChI is InChI=1S/C18H27N3O/c19-11-18(22)20-10-4-7-16(13-20)14-21(17-8-9-17)12-15-5-2-1-3-6-15/h1-3,5-6,16-17H,4,7-14,19H2/t16-/m1/s1. The molecule has 0 radical (unpaired) electrons. The van der Waals surface area contributed by atoms with Gasteiger partial charge in [0.05, 0.1) is 6.54 Å². The minimum Gasteiger partial charge on any atom is -0.341 e. The molecule has 0 aromatic heterocycles. The highest BCUT2D eigenvalue weighted by molar-refractivity contribution is 5.78. The fourth-order valence-electron chi connectivity index (χ4n) is 3.50. The molecule has 1 atom stereocenters. The molecule has 2 fully saturated rings. The van der Waals surface area contributed by atoms with Crippen molar-refractivity contribution in [2.75, 3.05) is 26.2 Å². The van der Waals surface area contributed by atoms with Crippen LogP contribution in [0.25, 0.3) is 0 Å². The third-order valence-corrected chi connectivity index (χ3v) is 4.83. The van der Waals surface area contributed by atoms with E-state index >= 15 is 0 Å². The Balaban J connectivity index is 1.58. The zero-order valence-electron chi connectivity index (χ0n) is 13.3. The number of hydrogen-bond donors (Lipinski definition) is 1. The van der Waals surface area contributed by atoms with E-state index in [9.17, 15) is 4.79 Å². The van der Waals surface area contributed by atoms with Crippen LogP contribution >= 0.6 is 0 Å². The fourth-order valence-corrected chi connectivity index (χ4v) is 3.50. The van der Waals surface area contributed by atoms with E-state index in [1.165, 1.54) is 24.8 Å². The zero-order valence-corrected chi connectivity index (χ0v) is 13.3. The van der Waals surface area contributed by atoms with E-state index in [0.29, 0.717) is 5.92 Å². The summed E-state index contributed by atoms with van der Waals surface area (Å²) in [5, 5.41) is 0. The van der Waals surface area contributed by atoms with Crippen LogP contribution in [0.2, 0.25) is 0 Å². The van der Waals surface area contributed by atoms with Crippen LogP contribution in [0.3, 0.4) is 0 Å². The molecule has 2 N–H and O–H groups in total. The van der Waals surface area contributed by atoms with Crippen LogP contribution < -0.4 is 5.73 Å². The number of nitrogens with two attached hydrogens (primary N) is 1. The van der Waals surface area contributed by atoms with Crippen molar-refractivity contribution in [3.05, 3.63) is 35.9 Å². The van der Waals surface area contributed by atoms with Crippen molar-refractivity contribution in [2.45, 2.75) is 38.3 Å². The third kappa shape index (κ3) is 4.08. The molecule has 0 unspecified atom stereocenters. The monoisotopic (exact) mass is 301 g/mol. The van der Waals surface area contributed by atoms with Gasteiger partial charge in [-0.15, -0.1) is 0 Å². The lowest BCUT2D eigenvalue weighted by molar-refractivity contribution is -0.131. The van der Waals surface area contributed by atoms with Crippen LogP contribution in [0.1, 0.15) is 31.2 Å². The van der Waals surface area contributed by atoms with E-state index in [0.717, 1.165) is 38.6 Å². The number of carbonyl (C=O) groups excluding carboxylic acids is 1. The van der Waals surface area contributed by atoms with E-state index in [2.05, 4.69) is 35.2 Å². The SMILES string of the molecule is NCC(=O)N1CCC[C@@H](CN(Cc2ccccc2)C2CC2)C1. The van der Waals surface area contributed by atoms with Crippen molar-refractivity contribution in [3.63, 3.8) is 0 Å². The lowest BCUT2D eigenvalue weighted by Gasteiger charge is -2.35. The van der Waals surface area contributed by atoms with Crippen LogP contribution in [0.15, 0.2) is 30.3 Å². The average Bonchev–Trinajstić information content (AvgIpc) is 3.40. The Morgan fingerprint density at radius 1 is 1.23 bits per heavy atom. The number of piperidine rings is 1. The van der Waals surface area contributed by atoms with Gasteiger partial charge in [0.25, 0.3) is 0 Å². The quantitative estimate of drug-likeness (QED) is 0.872. The first-order valence-electron chi connectivity index (χ1n) is 8.52. The van der Waals surface area contributed by atoms with Gasteiger partial charge in [-0.05, 0) is 37.2 Å². The minimum atomic E-state index is 0.103. The van der Waals surface area contributed by atoms with Crippen LogP contribution in [0.4, 0.5) is 0 Å². The number of likely N-dealkylation sites (tertiary alicyclic amines) is 1. The van der Waals surface area contributed by atoms with Gasteiger partial charge in [-0.2, -0.15) is 0 Å². The highest BCUT2D eigenvalue weighted by Gasteiger charge is 2.32. The number of benzene rings is 1. The van der Waals surface area contributed by atoms with Gasteiger partial charge in [0.2, 0.25) is 5.91 Å². The van der Waals surface area contributed by atoms with Crippen molar-refractivity contribution >= 4 is 5.91 Å². The van der Waals surface area contributed by atoms with Crippen molar-refractivity contribution in [1.82, 2.24) is 9.80 Å². The third-order valence-electron chi connectivity index (χ3n) is 4.83. The molecule has 1 saturated heterocycles. The molecule has 22 heavy (non-hydrogen) atoms. The second kappa shape index (κ2) is 7.25. The molecule has 4 heteroatoms. The van der Waals surface area contributed by atoms with E-state index in [-0.39, 0.29) is 12.5 Å². The van der Waals surface area contributed by atoms with E-state index in [1.54, 1.807) is 0 Å². The maximum Gasteiger partial charge on any atom is 0.236 e. The number of amides is 1. The largest absolute Gasteiger partial charge is 0.341 e. The van der Waals surface area contributed by atoms with E-state index in [1.807, 2.05) is 4.90 Å². The summed E-state index contributed by atoms with van der Waals surface area (Å²) in [5.41, 5.74) is 6.90. The van der Waals surface area contributed by atoms with Gasteiger partial charge in [-0.3, -0.25) is 9.69 Å². The van der Waals surface area contributed by atoms with Crippen molar-refractivity contribution < 1.29 is 4.79 Å². The van der Waals surface area contributed by atoms with Gasteiger partial charge in [0, 0.05) is 32.2 Å². The van der Waals surface area contributed by atoms with Crippen LogP contribution in [0.5, 0.6) is 0 Å². The molecule has 3 rings (SSSR count). The molecule has 2 aliphatic rings. The average molecular weight is 301 g/mol. The van der Waals surface area contributed by atoms with Crippen LogP contribution in [-0.4, -0.2) is 47.9 Å². The summed E-state index contributed by atoms with van der Waals surface area (Å²) in [6.45, 7) is 4.05. The van der Waals surface area contributed by atoms with Gasteiger partial charge < -0.3 is 10.6 Å². The number of hydrogen-bond acceptors (Lipinski definition) is 3. The Bertz CT molecular complexity index is 486. The summed E-state index contributed by atoms with van der Waals surface area (Å²) in [7, 11) is 0. The summed E-state index contributed by atoms with van der Waals surface area (Å²) < 4.78 is 0. The molecule has 1 saturated carbocycles. The Kier molecular flexibility index (Phi) is 5.11. The lowest BCUT2D eigenvalue weighted by atomic mass is 9.97.